The monoisotopic (exact) mass is 322 g/mol. The van der Waals surface area contributed by atoms with Crippen molar-refractivity contribution in [3.63, 3.8) is 0 Å². The normalized spacial score (nSPS) is 19.0. The van der Waals surface area contributed by atoms with E-state index in [0.29, 0.717) is 16.8 Å². The number of hydrogen-bond acceptors (Lipinski definition) is 5. The second kappa shape index (κ2) is 5.60. The van der Waals surface area contributed by atoms with Crippen LogP contribution in [0, 0.1) is 16.7 Å². The minimum absolute atomic E-state index is 0.333. The quantitative estimate of drug-likeness (QED) is 0.835. The summed E-state index contributed by atoms with van der Waals surface area (Å²) in [5.74, 6) is 0.344. The van der Waals surface area contributed by atoms with Crippen molar-refractivity contribution in [1.29, 1.82) is 5.26 Å². The first-order valence-corrected chi connectivity index (χ1v) is 8.53. The third-order valence-corrected chi connectivity index (χ3v) is 5.63. The number of nitrogen functional groups attached to an aromatic ring is 1. The first kappa shape index (κ1) is 15.2. The van der Waals surface area contributed by atoms with Crippen molar-refractivity contribution in [1.82, 2.24) is 20.1 Å². The highest BCUT2D eigenvalue weighted by atomic mass is 15.2. The Balaban J connectivity index is 1.89. The van der Waals surface area contributed by atoms with Crippen LogP contribution in [0.4, 0.5) is 5.82 Å². The van der Waals surface area contributed by atoms with Crippen molar-refractivity contribution >= 4 is 5.82 Å². The standard InChI is InChI=1S/C18H22N6/c1-24-11-12(10-22-24)16-13-8-18(4-6-21-7-5-18)3-2-15(13)23-17(20)14(16)9-19/h10-11,21H,2-8H2,1H3,(H2,20,23). The van der Waals surface area contributed by atoms with Gasteiger partial charge in [0, 0.05) is 30.1 Å². The van der Waals surface area contributed by atoms with Crippen LogP contribution in [-0.2, 0) is 19.9 Å². The van der Waals surface area contributed by atoms with Crippen molar-refractivity contribution in [2.24, 2.45) is 12.5 Å². The second-order valence-electron chi connectivity index (χ2n) is 7.11. The molecule has 0 bridgehead atoms. The number of piperidine rings is 1. The van der Waals surface area contributed by atoms with E-state index in [0.717, 1.165) is 49.2 Å². The lowest BCUT2D eigenvalue weighted by atomic mass is 9.66. The van der Waals surface area contributed by atoms with Gasteiger partial charge in [-0.05, 0) is 56.2 Å². The Labute approximate surface area is 141 Å². The van der Waals surface area contributed by atoms with Crippen molar-refractivity contribution in [3.05, 3.63) is 29.2 Å². The molecule has 2 aromatic rings. The Bertz CT molecular complexity index is 823. The lowest BCUT2D eigenvalue weighted by Crippen LogP contribution is -2.40. The van der Waals surface area contributed by atoms with Gasteiger partial charge in [0.2, 0.25) is 0 Å². The Kier molecular flexibility index (Phi) is 3.54. The lowest BCUT2D eigenvalue weighted by molar-refractivity contribution is 0.173. The molecule has 0 unspecified atom stereocenters. The molecular weight excluding hydrogens is 300 g/mol. The van der Waals surface area contributed by atoms with Gasteiger partial charge in [-0.1, -0.05) is 0 Å². The van der Waals surface area contributed by atoms with Crippen LogP contribution in [0.2, 0.25) is 0 Å². The van der Waals surface area contributed by atoms with E-state index in [1.165, 1.54) is 18.4 Å². The Morgan fingerprint density at radius 1 is 1.33 bits per heavy atom. The molecular formula is C18H22N6. The summed E-state index contributed by atoms with van der Waals surface area (Å²) in [6.45, 7) is 2.15. The SMILES string of the molecule is Cn1cc(-c2c(C#N)c(N)nc3c2CC2(CCNCC2)CC3)cn1. The summed E-state index contributed by atoms with van der Waals surface area (Å²) in [6.07, 6.45) is 9.23. The van der Waals surface area contributed by atoms with E-state index in [2.05, 4.69) is 21.5 Å². The second-order valence-corrected chi connectivity index (χ2v) is 7.11. The molecule has 0 atom stereocenters. The van der Waals surface area contributed by atoms with Crippen molar-refractivity contribution in [2.45, 2.75) is 32.1 Å². The average Bonchev–Trinajstić information content (AvgIpc) is 3.01. The fourth-order valence-electron chi connectivity index (χ4n) is 4.30. The Hall–Kier alpha value is -2.39. The number of pyridine rings is 1. The molecule has 124 valence electrons. The molecule has 0 aromatic carbocycles. The van der Waals surface area contributed by atoms with Crippen molar-refractivity contribution in [2.75, 3.05) is 18.8 Å². The summed E-state index contributed by atoms with van der Waals surface area (Å²) in [7, 11) is 1.89. The van der Waals surface area contributed by atoms with Gasteiger partial charge in [0.05, 0.1) is 6.20 Å². The predicted molar refractivity (Wildman–Crippen MR) is 92.1 cm³/mol. The third kappa shape index (κ3) is 2.36. The van der Waals surface area contributed by atoms with Crippen LogP contribution < -0.4 is 11.1 Å². The highest BCUT2D eigenvalue weighted by Gasteiger charge is 2.38. The smallest absolute Gasteiger partial charge is 0.142 e. The molecule has 1 fully saturated rings. The van der Waals surface area contributed by atoms with Gasteiger partial charge in [0.15, 0.2) is 0 Å². The van der Waals surface area contributed by atoms with Crippen molar-refractivity contribution in [3.8, 4) is 17.2 Å². The molecule has 0 saturated carbocycles. The number of fused-ring (bicyclic) bond motifs is 1. The van der Waals surface area contributed by atoms with Gasteiger partial charge in [-0.3, -0.25) is 4.68 Å². The van der Waals surface area contributed by atoms with E-state index in [1.807, 2.05) is 19.4 Å². The van der Waals surface area contributed by atoms with Crippen LogP contribution in [0.3, 0.4) is 0 Å². The molecule has 6 heteroatoms. The maximum Gasteiger partial charge on any atom is 0.142 e. The van der Waals surface area contributed by atoms with E-state index in [1.54, 1.807) is 4.68 Å². The summed E-state index contributed by atoms with van der Waals surface area (Å²) in [4.78, 5) is 4.57. The lowest BCUT2D eigenvalue weighted by Gasteiger charge is -2.42. The van der Waals surface area contributed by atoms with Gasteiger partial charge in [0.25, 0.3) is 0 Å². The van der Waals surface area contributed by atoms with Crippen molar-refractivity contribution < 1.29 is 0 Å². The van der Waals surface area contributed by atoms with E-state index in [-0.39, 0.29) is 0 Å². The number of nitriles is 1. The van der Waals surface area contributed by atoms with Gasteiger partial charge in [-0.2, -0.15) is 10.4 Å². The average molecular weight is 322 g/mol. The van der Waals surface area contributed by atoms with Crippen LogP contribution in [0.15, 0.2) is 12.4 Å². The third-order valence-electron chi connectivity index (χ3n) is 5.63. The number of nitrogens with zero attached hydrogens (tertiary/aromatic N) is 4. The zero-order valence-corrected chi connectivity index (χ0v) is 14.0. The van der Waals surface area contributed by atoms with Gasteiger partial charge < -0.3 is 11.1 Å². The molecule has 6 nitrogen and oxygen atoms in total. The van der Waals surface area contributed by atoms with Gasteiger partial charge in [0.1, 0.15) is 17.5 Å². The molecule has 0 amide bonds. The number of aromatic nitrogens is 3. The summed E-state index contributed by atoms with van der Waals surface area (Å²) in [5, 5.41) is 17.4. The van der Waals surface area contributed by atoms with Gasteiger partial charge in [-0.15, -0.1) is 0 Å². The molecule has 1 saturated heterocycles. The minimum atomic E-state index is 0.333. The van der Waals surface area contributed by atoms with Gasteiger partial charge >= 0.3 is 0 Å². The Morgan fingerprint density at radius 3 is 2.79 bits per heavy atom. The van der Waals surface area contributed by atoms with E-state index < -0.39 is 0 Å². The number of rotatable bonds is 1. The maximum atomic E-state index is 9.66. The maximum absolute atomic E-state index is 9.66. The topological polar surface area (TPSA) is 92.5 Å². The van der Waals surface area contributed by atoms with Gasteiger partial charge in [-0.25, -0.2) is 4.98 Å². The number of aryl methyl sites for hydroxylation is 2. The van der Waals surface area contributed by atoms with E-state index in [4.69, 9.17) is 5.73 Å². The zero-order chi connectivity index (χ0) is 16.7. The van der Waals surface area contributed by atoms with Crippen LogP contribution in [-0.4, -0.2) is 27.9 Å². The summed E-state index contributed by atoms with van der Waals surface area (Å²) in [5.41, 5.74) is 11.1. The molecule has 1 spiro atoms. The van der Waals surface area contributed by atoms with Crippen LogP contribution in [0.25, 0.3) is 11.1 Å². The molecule has 1 aliphatic heterocycles. The highest BCUT2D eigenvalue weighted by Crippen LogP contribution is 2.45. The molecule has 2 aliphatic rings. The zero-order valence-electron chi connectivity index (χ0n) is 14.0. The molecule has 2 aromatic heterocycles. The van der Waals surface area contributed by atoms with E-state index in [9.17, 15) is 5.26 Å². The fraction of sp³-hybridized carbons (Fsp3) is 0.500. The first-order valence-electron chi connectivity index (χ1n) is 8.53. The molecule has 24 heavy (non-hydrogen) atoms. The summed E-state index contributed by atoms with van der Waals surface area (Å²) >= 11 is 0. The van der Waals surface area contributed by atoms with E-state index >= 15 is 0 Å². The molecule has 0 radical (unpaired) electrons. The molecule has 1 aliphatic carbocycles. The number of anilines is 1. The fourth-order valence-corrected chi connectivity index (χ4v) is 4.30. The predicted octanol–water partition coefficient (Wildman–Crippen LogP) is 1.79. The summed E-state index contributed by atoms with van der Waals surface area (Å²) < 4.78 is 1.77. The molecule has 3 N–H and O–H groups in total. The number of hydrogen-bond donors (Lipinski definition) is 2. The number of nitrogens with one attached hydrogen (secondary N) is 1. The first-order chi connectivity index (χ1) is 11.6. The van der Waals surface area contributed by atoms with Crippen LogP contribution in [0.5, 0.6) is 0 Å². The minimum Gasteiger partial charge on any atom is -0.383 e. The number of nitrogens with two attached hydrogens (primary N) is 1. The molecule has 3 heterocycles. The highest BCUT2D eigenvalue weighted by molar-refractivity contribution is 5.78. The molecule has 4 rings (SSSR count). The largest absolute Gasteiger partial charge is 0.383 e. The van der Waals surface area contributed by atoms with Crippen LogP contribution in [0.1, 0.15) is 36.1 Å². The Morgan fingerprint density at radius 2 is 2.12 bits per heavy atom. The van der Waals surface area contributed by atoms with Crippen LogP contribution >= 0.6 is 0 Å². The summed E-state index contributed by atoms with van der Waals surface area (Å²) in [6, 6.07) is 2.28.